The van der Waals surface area contributed by atoms with Gasteiger partial charge < -0.3 is 0 Å². The third-order valence-corrected chi connectivity index (χ3v) is 9.26. The molecule has 0 fully saturated rings. The van der Waals surface area contributed by atoms with Crippen molar-refractivity contribution in [3.05, 3.63) is 144 Å². The van der Waals surface area contributed by atoms with Crippen LogP contribution in [0.25, 0.3) is 76.6 Å². The highest BCUT2D eigenvalue weighted by Crippen LogP contribution is 2.37. The molecule has 5 aromatic carbocycles. The molecule has 0 amide bonds. The van der Waals surface area contributed by atoms with Crippen molar-refractivity contribution in [2.45, 2.75) is 0 Å². The fourth-order valence-electron chi connectivity index (χ4n) is 5.49. The van der Waals surface area contributed by atoms with Gasteiger partial charge in [0.25, 0.3) is 0 Å². The molecule has 0 N–H and O–H groups in total. The second-order valence-corrected chi connectivity index (χ2v) is 12.5. The molecule has 0 radical (unpaired) electrons. The Morgan fingerprint density at radius 1 is 0.432 bits per heavy atom. The minimum absolute atomic E-state index is 0.625. The topological polar surface area (TPSA) is 51.6 Å². The molecule has 0 aliphatic heterocycles. The number of rotatable bonds is 5. The minimum atomic E-state index is 0.625. The van der Waals surface area contributed by atoms with Gasteiger partial charge in [-0.15, -0.1) is 11.3 Å². The summed E-state index contributed by atoms with van der Waals surface area (Å²) in [6, 6.07) is 44.0. The SMILES string of the molecule is Brc1cc(-c2ccc(-c3cccnc3)cc2)cc(-c2nc(-c3ccccc3)nc(-c3ccc4c(c3)sc3ccccc34)n2)c1. The molecule has 44 heavy (non-hydrogen) atoms. The molecule has 0 saturated heterocycles. The number of hydrogen-bond acceptors (Lipinski definition) is 5. The van der Waals surface area contributed by atoms with Gasteiger partial charge >= 0.3 is 0 Å². The maximum atomic E-state index is 5.04. The number of nitrogens with zero attached hydrogens (tertiary/aromatic N) is 4. The zero-order chi connectivity index (χ0) is 29.5. The van der Waals surface area contributed by atoms with Crippen LogP contribution in [0.5, 0.6) is 0 Å². The van der Waals surface area contributed by atoms with Crippen LogP contribution in [0.3, 0.4) is 0 Å². The third-order valence-electron chi connectivity index (χ3n) is 7.67. The quantitative estimate of drug-likeness (QED) is 0.187. The maximum Gasteiger partial charge on any atom is 0.164 e. The summed E-state index contributed by atoms with van der Waals surface area (Å²) in [7, 11) is 0. The first kappa shape index (κ1) is 26.6. The lowest BCUT2D eigenvalue weighted by molar-refractivity contribution is 1.07. The van der Waals surface area contributed by atoms with Crippen LogP contribution >= 0.6 is 27.3 Å². The molecule has 208 valence electrons. The smallest absolute Gasteiger partial charge is 0.164 e. The highest BCUT2D eigenvalue weighted by atomic mass is 79.9. The summed E-state index contributed by atoms with van der Waals surface area (Å²) in [6.07, 6.45) is 3.67. The second-order valence-electron chi connectivity index (χ2n) is 10.5. The van der Waals surface area contributed by atoms with E-state index in [1.807, 2.05) is 42.6 Å². The normalized spacial score (nSPS) is 11.3. The van der Waals surface area contributed by atoms with Crippen LogP contribution < -0.4 is 0 Å². The Morgan fingerprint density at radius 2 is 1.05 bits per heavy atom. The van der Waals surface area contributed by atoms with E-state index in [9.17, 15) is 0 Å². The van der Waals surface area contributed by atoms with Crippen molar-refractivity contribution in [1.82, 2.24) is 19.9 Å². The lowest BCUT2D eigenvalue weighted by atomic mass is 9.99. The molecule has 0 bridgehead atoms. The summed E-state index contributed by atoms with van der Waals surface area (Å²) in [5.41, 5.74) is 7.22. The van der Waals surface area contributed by atoms with Crippen molar-refractivity contribution >= 4 is 47.4 Å². The monoisotopic (exact) mass is 646 g/mol. The second kappa shape index (κ2) is 11.2. The Hall–Kier alpha value is -5.04. The maximum absolute atomic E-state index is 5.04. The molecule has 4 nitrogen and oxygen atoms in total. The highest BCUT2D eigenvalue weighted by Gasteiger charge is 2.15. The van der Waals surface area contributed by atoms with Crippen LogP contribution in [0.4, 0.5) is 0 Å². The van der Waals surface area contributed by atoms with Crippen LogP contribution in [-0.4, -0.2) is 19.9 Å². The summed E-state index contributed by atoms with van der Waals surface area (Å²) in [6.45, 7) is 0. The molecule has 6 heteroatoms. The summed E-state index contributed by atoms with van der Waals surface area (Å²) in [5, 5.41) is 2.52. The first-order valence-electron chi connectivity index (χ1n) is 14.2. The van der Waals surface area contributed by atoms with Gasteiger partial charge in [0.2, 0.25) is 0 Å². The average molecular weight is 648 g/mol. The van der Waals surface area contributed by atoms with E-state index in [1.165, 1.54) is 20.2 Å². The molecule has 0 spiro atoms. The number of benzene rings is 5. The van der Waals surface area contributed by atoms with E-state index in [0.717, 1.165) is 43.4 Å². The van der Waals surface area contributed by atoms with Crippen molar-refractivity contribution in [2.75, 3.05) is 0 Å². The van der Waals surface area contributed by atoms with Crippen molar-refractivity contribution in [1.29, 1.82) is 0 Å². The molecular weight excluding hydrogens is 624 g/mol. The van der Waals surface area contributed by atoms with E-state index in [2.05, 4.69) is 112 Å². The van der Waals surface area contributed by atoms with E-state index in [4.69, 9.17) is 15.0 Å². The van der Waals surface area contributed by atoms with Crippen LogP contribution in [0.1, 0.15) is 0 Å². The minimum Gasteiger partial charge on any atom is -0.264 e. The number of thiophene rings is 1. The number of pyridine rings is 1. The Balaban J connectivity index is 1.24. The van der Waals surface area contributed by atoms with Crippen molar-refractivity contribution in [3.63, 3.8) is 0 Å². The van der Waals surface area contributed by atoms with Crippen LogP contribution in [0.15, 0.2) is 144 Å². The van der Waals surface area contributed by atoms with Crippen LogP contribution in [0, 0.1) is 0 Å². The molecule has 0 unspecified atom stereocenters. The van der Waals surface area contributed by atoms with E-state index in [0.29, 0.717) is 17.5 Å². The zero-order valence-corrected chi connectivity index (χ0v) is 25.8. The zero-order valence-electron chi connectivity index (χ0n) is 23.4. The van der Waals surface area contributed by atoms with E-state index >= 15 is 0 Å². The summed E-state index contributed by atoms with van der Waals surface area (Å²) in [4.78, 5) is 19.2. The Labute approximate surface area is 266 Å². The van der Waals surface area contributed by atoms with Gasteiger partial charge in [-0.2, -0.15) is 0 Å². The van der Waals surface area contributed by atoms with Gasteiger partial charge in [-0.1, -0.05) is 107 Å². The van der Waals surface area contributed by atoms with E-state index in [1.54, 1.807) is 17.5 Å². The Kier molecular flexibility index (Phi) is 6.78. The number of aromatic nitrogens is 4. The molecule has 8 rings (SSSR count). The number of halogens is 1. The first-order chi connectivity index (χ1) is 21.7. The first-order valence-corrected chi connectivity index (χ1v) is 15.8. The van der Waals surface area contributed by atoms with Crippen LogP contribution in [-0.2, 0) is 0 Å². The summed E-state index contributed by atoms with van der Waals surface area (Å²) < 4.78 is 3.44. The highest BCUT2D eigenvalue weighted by molar-refractivity contribution is 9.10. The Morgan fingerprint density at radius 3 is 1.82 bits per heavy atom. The molecule has 3 heterocycles. The van der Waals surface area contributed by atoms with Gasteiger partial charge in [-0.25, -0.2) is 15.0 Å². The molecule has 0 atom stereocenters. The molecule has 8 aromatic rings. The van der Waals surface area contributed by atoms with Gasteiger partial charge in [0.05, 0.1) is 0 Å². The molecule has 0 aliphatic rings. The summed E-state index contributed by atoms with van der Waals surface area (Å²) in [5.74, 6) is 1.92. The number of fused-ring (bicyclic) bond motifs is 3. The van der Waals surface area contributed by atoms with E-state index in [-0.39, 0.29) is 0 Å². The van der Waals surface area contributed by atoms with Gasteiger partial charge in [-0.3, -0.25) is 4.98 Å². The molecule has 0 aliphatic carbocycles. The number of hydrogen-bond donors (Lipinski definition) is 0. The fourth-order valence-corrected chi connectivity index (χ4v) is 7.13. The van der Waals surface area contributed by atoms with Crippen molar-refractivity contribution in [3.8, 4) is 56.4 Å². The predicted molar refractivity (Wildman–Crippen MR) is 185 cm³/mol. The predicted octanol–water partition coefficient (Wildman–Crippen LogP) is 10.7. The largest absolute Gasteiger partial charge is 0.264 e. The van der Waals surface area contributed by atoms with Gasteiger partial charge in [-0.05, 0) is 58.7 Å². The third kappa shape index (κ3) is 5.08. The lowest BCUT2D eigenvalue weighted by Crippen LogP contribution is -2.00. The van der Waals surface area contributed by atoms with Gasteiger partial charge in [0.15, 0.2) is 17.5 Å². The standard InChI is InChI=1S/C38H23BrN4S/c39-31-20-29(25-14-12-24(13-15-25)28-9-6-18-40-23-28)19-30(21-31)38-42-36(26-7-2-1-3-8-26)41-37(43-38)27-16-17-33-32-10-4-5-11-34(32)44-35(33)22-27/h1-23H. The Bertz CT molecular complexity index is 2280. The van der Waals surface area contributed by atoms with Crippen molar-refractivity contribution in [2.24, 2.45) is 0 Å². The molecule has 3 aromatic heterocycles. The van der Waals surface area contributed by atoms with E-state index < -0.39 is 0 Å². The van der Waals surface area contributed by atoms with Crippen molar-refractivity contribution < 1.29 is 0 Å². The fraction of sp³-hybridized carbons (Fsp3) is 0. The molecule has 0 saturated carbocycles. The van der Waals surface area contributed by atoms with Crippen LogP contribution in [0.2, 0.25) is 0 Å². The lowest BCUT2D eigenvalue weighted by Gasteiger charge is -2.11. The summed E-state index contributed by atoms with van der Waals surface area (Å²) >= 11 is 5.54. The van der Waals surface area contributed by atoms with Gasteiger partial charge in [0.1, 0.15) is 0 Å². The average Bonchev–Trinajstić information content (AvgIpc) is 3.47. The van der Waals surface area contributed by atoms with Gasteiger partial charge in [0, 0.05) is 53.7 Å². The molecular formula is C38H23BrN4S.